The molecule has 4 nitrogen and oxygen atoms in total. The molecule has 1 aliphatic rings. The van der Waals surface area contributed by atoms with Crippen LogP contribution >= 0.6 is 11.6 Å². The van der Waals surface area contributed by atoms with Crippen molar-refractivity contribution in [3.05, 3.63) is 22.7 Å². The fourth-order valence-corrected chi connectivity index (χ4v) is 2.30. The van der Waals surface area contributed by atoms with Crippen molar-refractivity contribution < 1.29 is 19.4 Å². The monoisotopic (exact) mass is 312 g/mol. The van der Waals surface area contributed by atoms with E-state index in [2.05, 4.69) is 13.8 Å². The van der Waals surface area contributed by atoms with E-state index in [1.54, 1.807) is 26.0 Å². The average molecular weight is 313 g/mol. The van der Waals surface area contributed by atoms with Gasteiger partial charge in [0.05, 0.1) is 18.6 Å². The largest absolute Gasteiger partial charge is 0.489 e. The molecule has 0 spiro atoms. The summed E-state index contributed by atoms with van der Waals surface area (Å²) < 4.78 is 11.6. The van der Waals surface area contributed by atoms with Crippen molar-refractivity contribution in [1.29, 1.82) is 0 Å². The maximum Gasteiger partial charge on any atom is 0.309 e. The molecule has 0 radical (unpaired) electrons. The van der Waals surface area contributed by atoms with E-state index in [4.69, 9.17) is 21.1 Å². The van der Waals surface area contributed by atoms with Crippen LogP contribution in [0.25, 0.3) is 0 Å². The van der Waals surface area contributed by atoms with Crippen molar-refractivity contribution in [2.45, 2.75) is 34.1 Å². The molecule has 0 saturated heterocycles. The van der Waals surface area contributed by atoms with Gasteiger partial charge in [0.15, 0.2) is 11.5 Å². The Hall–Kier alpha value is -1.42. The summed E-state index contributed by atoms with van der Waals surface area (Å²) in [5.41, 5.74) is -0.208. The van der Waals surface area contributed by atoms with Gasteiger partial charge in [0.1, 0.15) is 0 Å². The summed E-state index contributed by atoms with van der Waals surface area (Å²) in [7, 11) is 0. The van der Waals surface area contributed by atoms with Crippen LogP contribution in [0.4, 0.5) is 0 Å². The summed E-state index contributed by atoms with van der Waals surface area (Å²) >= 11 is 6.27. The summed E-state index contributed by atoms with van der Waals surface area (Å²) in [5.74, 6) is 0.385. The highest BCUT2D eigenvalue weighted by Gasteiger charge is 2.30. The molecule has 1 heterocycles. The third-order valence-electron chi connectivity index (χ3n) is 3.56. The molecule has 0 saturated carbocycles. The number of carboxylic acid groups (broad SMARTS) is 1. The Morgan fingerprint density at radius 2 is 1.81 bits per heavy atom. The first kappa shape index (κ1) is 16.0. The number of benzene rings is 1. The van der Waals surface area contributed by atoms with Crippen LogP contribution < -0.4 is 9.47 Å². The van der Waals surface area contributed by atoms with Gasteiger partial charge >= 0.3 is 5.97 Å². The van der Waals surface area contributed by atoms with Crippen LogP contribution in [0.1, 0.15) is 33.3 Å². The molecule has 1 aromatic carbocycles. The Bertz CT molecular complexity index is 564. The zero-order valence-electron chi connectivity index (χ0n) is 12.8. The molecule has 1 aliphatic heterocycles. The lowest BCUT2D eigenvalue weighted by Gasteiger charge is -2.20. The Labute approximate surface area is 130 Å². The molecule has 0 amide bonds. The van der Waals surface area contributed by atoms with E-state index >= 15 is 0 Å². The Kier molecular flexibility index (Phi) is 4.11. The highest BCUT2D eigenvalue weighted by Crippen LogP contribution is 2.39. The molecule has 21 heavy (non-hydrogen) atoms. The number of aliphatic carboxylic acids is 1. The van der Waals surface area contributed by atoms with Crippen molar-refractivity contribution in [1.82, 2.24) is 0 Å². The second-order valence-electron chi connectivity index (χ2n) is 7.00. The minimum atomic E-state index is -0.886. The molecular weight excluding hydrogens is 292 g/mol. The summed E-state index contributed by atoms with van der Waals surface area (Å²) in [6.07, 6.45) is 0.335. The molecule has 0 aromatic heterocycles. The van der Waals surface area contributed by atoms with E-state index in [0.717, 1.165) is 5.56 Å². The van der Waals surface area contributed by atoms with Crippen molar-refractivity contribution in [3.63, 3.8) is 0 Å². The maximum absolute atomic E-state index is 11.3. The van der Waals surface area contributed by atoms with E-state index in [-0.39, 0.29) is 5.41 Å². The van der Waals surface area contributed by atoms with Gasteiger partial charge in [-0.05, 0) is 31.9 Å². The van der Waals surface area contributed by atoms with E-state index in [0.29, 0.717) is 36.2 Å². The van der Waals surface area contributed by atoms with E-state index in [1.165, 1.54) is 0 Å². The number of carbonyl (C=O) groups is 1. The summed E-state index contributed by atoms with van der Waals surface area (Å²) in [4.78, 5) is 11.3. The molecule has 2 rings (SSSR count). The SMILES string of the molecule is CC1(C)COc2cc(Cl)c(CC(C)(C)C(=O)O)cc2OC1. The smallest absolute Gasteiger partial charge is 0.309 e. The maximum atomic E-state index is 11.3. The second-order valence-corrected chi connectivity index (χ2v) is 7.40. The minimum Gasteiger partial charge on any atom is -0.489 e. The van der Waals surface area contributed by atoms with Crippen molar-refractivity contribution in [2.75, 3.05) is 13.2 Å². The highest BCUT2D eigenvalue weighted by atomic mass is 35.5. The van der Waals surface area contributed by atoms with Crippen molar-refractivity contribution in [2.24, 2.45) is 10.8 Å². The molecule has 5 heteroatoms. The van der Waals surface area contributed by atoms with Gasteiger partial charge in [-0.25, -0.2) is 0 Å². The number of carboxylic acids is 1. The van der Waals surface area contributed by atoms with Crippen LogP contribution in [0.2, 0.25) is 5.02 Å². The lowest BCUT2D eigenvalue weighted by atomic mass is 9.86. The number of hydrogen-bond acceptors (Lipinski definition) is 3. The fourth-order valence-electron chi connectivity index (χ4n) is 2.08. The van der Waals surface area contributed by atoms with Gasteiger partial charge in [-0.1, -0.05) is 25.4 Å². The van der Waals surface area contributed by atoms with Gasteiger partial charge in [-0.2, -0.15) is 0 Å². The number of ether oxygens (including phenoxy) is 2. The van der Waals surface area contributed by atoms with Gasteiger partial charge in [0.2, 0.25) is 0 Å². The third-order valence-corrected chi connectivity index (χ3v) is 3.91. The molecule has 0 fully saturated rings. The Morgan fingerprint density at radius 1 is 1.29 bits per heavy atom. The van der Waals surface area contributed by atoms with Crippen LogP contribution in [-0.2, 0) is 11.2 Å². The van der Waals surface area contributed by atoms with Crippen molar-refractivity contribution in [3.8, 4) is 11.5 Å². The Morgan fingerprint density at radius 3 is 2.33 bits per heavy atom. The molecule has 0 aliphatic carbocycles. The molecule has 1 aromatic rings. The first-order chi connectivity index (χ1) is 9.61. The number of rotatable bonds is 3. The van der Waals surface area contributed by atoms with Crippen LogP contribution in [0.5, 0.6) is 11.5 Å². The third kappa shape index (κ3) is 3.62. The van der Waals surface area contributed by atoms with Gasteiger partial charge < -0.3 is 14.6 Å². The number of hydrogen-bond donors (Lipinski definition) is 1. The highest BCUT2D eigenvalue weighted by molar-refractivity contribution is 6.31. The van der Waals surface area contributed by atoms with Gasteiger partial charge in [0.25, 0.3) is 0 Å². The topological polar surface area (TPSA) is 55.8 Å². The van der Waals surface area contributed by atoms with Gasteiger partial charge in [-0.3, -0.25) is 4.79 Å². The lowest BCUT2D eigenvalue weighted by molar-refractivity contribution is -0.146. The predicted octanol–water partition coefficient (Wildman–Crippen LogP) is 3.79. The van der Waals surface area contributed by atoms with Gasteiger partial charge in [0, 0.05) is 16.5 Å². The zero-order chi connectivity index (χ0) is 15.8. The molecule has 116 valence electrons. The van der Waals surface area contributed by atoms with Gasteiger partial charge in [-0.15, -0.1) is 0 Å². The molecule has 0 unspecified atom stereocenters. The van der Waals surface area contributed by atoms with Crippen molar-refractivity contribution >= 4 is 17.6 Å². The van der Waals surface area contributed by atoms with Crippen LogP contribution in [0.3, 0.4) is 0 Å². The average Bonchev–Trinajstić information content (AvgIpc) is 2.50. The standard InChI is InChI=1S/C16H21ClO4/c1-15(2)8-20-12-5-10(7-16(3,4)14(18)19)11(17)6-13(12)21-9-15/h5-6H,7-9H2,1-4H3,(H,18,19). The summed E-state index contributed by atoms with van der Waals surface area (Å²) in [6, 6.07) is 3.51. The quantitative estimate of drug-likeness (QED) is 0.922. The summed E-state index contributed by atoms with van der Waals surface area (Å²) in [5, 5.41) is 9.75. The van der Waals surface area contributed by atoms with Crippen LogP contribution in [0.15, 0.2) is 12.1 Å². The van der Waals surface area contributed by atoms with Crippen LogP contribution in [0, 0.1) is 10.8 Å². The van der Waals surface area contributed by atoms with E-state index in [9.17, 15) is 9.90 Å². The van der Waals surface area contributed by atoms with Crippen LogP contribution in [-0.4, -0.2) is 24.3 Å². The fraction of sp³-hybridized carbons (Fsp3) is 0.562. The number of halogens is 1. The minimum absolute atomic E-state index is 0.0774. The lowest BCUT2D eigenvalue weighted by Crippen LogP contribution is -2.26. The number of fused-ring (bicyclic) bond motifs is 1. The zero-order valence-corrected chi connectivity index (χ0v) is 13.6. The first-order valence-electron chi connectivity index (χ1n) is 6.92. The molecule has 0 bridgehead atoms. The predicted molar refractivity (Wildman–Crippen MR) is 81.3 cm³/mol. The summed E-state index contributed by atoms with van der Waals surface area (Å²) in [6.45, 7) is 8.58. The normalized spacial score (nSPS) is 17.2. The van der Waals surface area contributed by atoms with E-state index in [1.807, 2.05) is 0 Å². The molecule has 0 atom stereocenters. The Balaban J connectivity index is 2.31. The van der Waals surface area contributed by atoms with E-state index < -0.39 is 11.4 Å². The second kappa shape index (κ2) is 5.41. The first-order valence-corrected chi connectivity index (χ1v) is 7.30. The molecule has 1 N–H and O–H groups in total. The molecular formula is C16H21ClO4.